The summed E-state index contributed by atoms with van der Waals surface area (Å²) in [5, 5.41) is 15.1. The maximum absolute atomic E-state index is 14.2. The van der Waals surface area contributed by atoms with Crippen LogP contribution in [0, 0.1) is 9.39 Å². The van der Waals surface area contributed by atoms with Crippen LogP contribution in [-0.2, 0) is 6.54 Å². The van der Waals surface area contributed by atoms with E-state index in [4.69, 9.17) is 0 Å². The summed E-state index contributed by atoms with van der Waals surface area (Å²) < 4.78 is 15.0. The van der Waals surface area contributed by atoms with Gasteiger partial charge in [-0.05, 0) is 58.5 Å². The van der Waals surface area contributed by atoms with Crippen LogP contribution in [-0.4, -0.2) is 41.0 Å². The van der Waals surface area contributed by atoms with Crippen molar-refractivity contribution in [1.29, 1.82) is 0 Å². The van der Waals surface area contributed by atoms with Crippen molar-refractivity contribution in [2.24, 2.45) is 0 Å². The molecule has 0 unspecified atom stereocenters. The molecule has 3 N–H and O–H groups in total. The first-order valence-electron chi connectivity index (χ1n) is 8.07. The third-order valence-corrected chi connectivity index (χ3v) is 5.18. The Morgan fingerprint density at radius 2 is 2.04 bits per heavy atom. The van der Waals surface area contributed by atoms with Gasteiger partial charge in [-0.15, -0.1) is 0 Å². The third kappa shape index (κ3) is 3.03. The first-order chi connectivity index (χ1) is 12.4. The lowest BCUT2D eigenvalue weighted by molar-refractivity contribution is 0.00595. The summed E-state index contributed by atoms with van der Waals surface area (Å²) >= 11 is 2.01. The molecule has 2 amide bonds. The van der Waals surface area contributed by atoms with Crippen molar-refractivity contribution in [3.63, 3.8) is 0 Å². The molecule has 0 aliphatic carbocycles. The molecule has 0 aromatic heterocycles. The van der Waals surface area contributed by atoms with E-state index in [0.29, 0.717) is 23.4 Å². The van der Waals surface area contributed by atoms with E-state index in [0.717, 1.165) is 9.13 Å². The van der Waals surface area contributed by atoms with Gasteiger partial charge in [-0.25, -0.2) is 4.39 Å². The van der Waals surface area contributed by atoms with Crippen molar-refractivity contribution in [1.82, 2.24) is 10.2 Å². The zero-order chi connectivity index (χ0) is 18.4. The Hall–Kier alpha value is -2.20. The van der Waals surface area contributed by atoms with Crippen LogP contribution < -0.4 is 10.6 Å². The number of likely N-dealkylation sites (tertiary alicyclic amines) is 1. The lowest BCUT2D eigenvalue weighted by Crippen LogP contribution is -2.53. The predicted octanol–water partition coefficient (Wildman–Crippen LogP) is 2.23. The number of aliphatic hydroxyl groups is 1. The second-order valence-corrected chi connectivity index (χ2v) is 7.60. The second-order valence-electron chi connectivity index (χ2n) is 6.35. The Bertz CT molecular complexity index is 928. The average molecular weight is 467 g/mol. The third-order valence-electron chi connectivity index (χ3n) is 4.51. The molecule has 1 saturated heterocycles. The number of benzene rings is 2. The Kier molecular flexibility index (Phi) is 4.31. The highest BCUT2D eigenvalue weighted by atomic mass is 127. The van der Waals surface area contributed by atoms with Crippen molar-refractivity contribution in [3.8, 4) is 0 Å². The normalized spacial score (nSPS) is 16.1. The van der Waals surface area contributed by atoms with E-state index >= 15 is 0 Å². The molecule has 4 rings (SSSR count). The quantitative estimate of drug-likeness (QED) is 0.606. The number of carbonyl (C=O) groups is 2. The molecule has 0 spiro atoms. The Labute approximate surface area is 162 Å². The summed E-state index contributed by atoms with van der Waals surface area (Å²) in [5.74, 6) is -0.921. The molecule has 2 aromatic carbocycles. The van der Waals surface area contributed by atoms with Crippen LogP contribution in [0.25, 0.3) is 0 Å². The number of amides is 2. The zero-order valence-electron chi connectivity index (χ0n) is 13.6. The number of β-amino-alcohol motifs (C(OH)–C–C–N with tert-alkyl or cyclic N) is 1. The van der Waals surface area contributed by atoms with E-state index in [-0.39, 0.29) is 30.6 Å². The Morgan fingerprint density at radius 3 is 2.73 bits per heavy atom. The fourth-order valence-electron chi connectivity index (χ4n) is 3.08. The number of halogens is 2. The number of rotatable bonds is 3. The number of aliphatic hydroxyl groups excluding tert-OH is 1. The average Bonchev–Trinajstić information content (AvgIpc) is 2.94. The van der Waals surface area contributed by atoms with E-state index < -0.39 is 11.9 Å². The van der Waals surface area contributed by atoms with Crippen molar-refractivity contribution in [2.45, 2.75) is 12.6 Å². The molecule has 0 radical (unpaired) electrons. The second kappa shape index (κ2) is 6.51. The molecule has 134 valence electrons. The SMILES string of the molecule is O=C1NCc2cc(C(=O)N3CC(O)C3)c(Nc3ccc(I)cc3F)cc21. The van der Waals surface area contributed by atoms with Gasteiger partial charge >= 0.3 is 0 Å². The first-order valence-corrected chi connectivity index (χ1v) is 9.15. The fourth-order valence-corrected chi connectivity index (χ4v) is 3.53. The molecule has 0 atom stereocenters. The molecule has 0 saturated carbocycles. The molecular formula is C18H15FIN3O3. The molecule has 0 bridgehead atoms. The molecule has 2 aliphatic heterocycles. The summed E-state index contributed by atoms with van der Waals surface area (Å²) in [6.07, 6.45) is -0.512. The van der Waals surface area contributed by atoms with Gasteiger partial charge in [0.2, 0.25) is 0 Å². The Morgan fingerprint density at radius 1 is 1.27 bits per heavy atom. The van der Waals surface area contributed by atoms with E-state index in [9.17, 15) is 19.1 Å². The number of hydrogen-bond acceptors (Lipinski definition) is 4. The lowest BCUT2D eigenvalue weighted by atomic mass is 10.0. The minimum Gasteiger partial charge on any atom is -0.389 e. The van der Waals surface area contributed by atoms with Gasteiger partial charge in [-0.3, -0.25) is 9.59 Å². The van der Waals surface area contributed by atoms with Crippen molar-refractivity contribution in [2.75, 3.05) is 18.4 Å². The highest BCUT2D eigenvalue weighted by Crippen LogP contribution is 2.31. The number of carbonyl (C=O) groups excluding carboxylic acids is 2. The van der Waals surface area contributed by atoms with E-state index in [1.807, 2.05) is 22.6 Å². The summed E-state index contributed by atoms with van der Waals surface area (Å²) in [5.41, 5.74) is 2.14. The molecule has 2 aromatic rings. The van der Waals surface area contributed by atoms with Crippen LogP contribution in [0.2, 0.25) is 0 Å². The molecule has 2 aliphatic rings. The predicted molar refractivity (Wildman–Crippen MR) is 102 cm³/mol. The zero-order valence-corrected chi connectivity index (χ0v) is 15.7. The van der Waals surface area contributed by atoms with Crippen molar-refractivity contribution in [3.05, 3.63) is 56.4 Å². The smallest absolute Gasteiger partial charge is 0.256 e. The number of fused-ring (bicyclic) bond motifs is 1. The largest absolute Gasteiger partial charge is 0.389 e. The molecule has 6 nitrogen and oxygen atoms in total. The lowest BCUT2D eigenvalue weighted by Gasteiger charge is -2.36. The van der Waals surface area contributed by atoms with Gasteiger partial charge in [0.15, 0.2) is 0 Å². The number of nitrogens with zero attached hydrogens (tertiary/aromatic N) is 1. The molecular weight excluding hydrogens is 452 g/mol. The fraction of sp³-hybridized carbons (Fsp3) is 0.222. The van der Waals surface area contributed by atoms with Gasteiger partial charge in [0.25, 0.3) is 11.8 Å². The van der Waals surface area contributed by atoms with Crippen LogP contribution in [0.15, 0.2) is 30.3 Å². The maximum atomic E-state index is 14.2. The van der Waals surface area contributed by atoms with Crippen LogP contribution in [0.5, 0.6) is 0 Å². The summed E-state index contributed by atoms with van der Waals surface area (Å²) in [4.78, 5) is 26.3. The highest BCUT2D eigenvalue weighted by molar-refractivity contribution is 14.1. The monoisotopic (exact) mass is 467 g/mol. The number of anilines is 2. The standard InChI is InChI=1S/C18H15FIN3O3/c19-14-4-10(20)1-2-15(14)22-16-5-12-9(6-21-17(12)25)3-13(16)18(26)23-7-11(24)8-23/h1-5,11,22,24H,6-8H2,(H,21,25). The number of hydrogen-bond donors (Lipinski definition) is 3. The van der Waals surface area contributed by atoms with Gasteiger partial charge in [0.05, 0.1) is 23.0 Å². The molecule has 2 heterocycles. The minimum absolute atomic E-state index is 0.218. The summed E-state index contributed by atoms with van der Waals surface area (Å²) in [7, 11) is 0. The van der Waals surface area contributed by atoms with E-state index in [1.165, 1.54) is 11.0 Å². The highest BCUT2D eigenvalue weighted by Gasteiger charge is 2.32. The molecule has 8 heteroatoms. The molecule has 26 heavy (non-hydrogen) atoms. The summed E-state index contributed by atoms with van der Waals surface area (Å²) in [6.45, 7) is 0.893. The topological polar surface area (TPSA) is 81.7 Å². The van der Waals surface area contributed by atoms with Gasteiger partial charge in [-0.1, -0.05) is 0 Å². The van der Waals surface area contributed by atoms with E-state index in [1.54, 1.807) is 24.3 Å². The van der Waals surface area contributed by atoms with Gasteiger partial charge in [0.1, 0.15) is 5.82 Å². The van der Waals surface area contributed by atoms with Gasteiger partial charge in [-0.2, -0.15) is 0 Å². The van der Waals surface area contributed by atoms with Crippen molar-refractivity contribution < 1.29 is 19.1 Å². The number of nitrogens with one attached hydrogen (secondary N) is 2. The van der Waals surface area contributed by atoms with Gasteiger partial charge < -0.3 is 20.6 Å². The van der Waals surface area contributed by atoms with Crippen LogP contribution in [0.3, 0.4) is 0 Å². The van der Waals surface area contributed by atoms with Gasteiger partial charge in [0, 0.05) is 28.8 Å². The van der Waals surface area contributed by atoms with E-state index in [2.05, 4.69) is 10.6 Å². The minimum atomic E-state index is -0.512. The molecule has 1 fully saturated rings. The Balaban J connectivity index is 1.74. The van der Waals surface area contributed by atoms with Crippen molar-refractivity contribution >= 4 is 45.8 Å². The van der Waals surface area contributed by atoms with Crippen LogP contribution >= 0.6 is 22.6 Å². The van der Waals surface area contributed by atoms with Crippen LogP contribution in [0.4, 0.5) is 15.8 Å². The summed E-state index contributed by atoms with van der Waals surface area (Å²) in [6, 6.07) is 7.97. The van der Waals surface area contributed by atoms with Crippen LogP contribution in [0.1, 0.15) is 26.3 Å². The first kappa shape index (κ1) is 17.2. The maximum Gasteiger partial charge on any atom is 0.256 e.